The first-order chi connectivity index (χ1) is 10.1. The summed E-state index contributed by atoms with van der Waals surface area (Å²) in [7, 11) is 2.08. The number of nitrogens with one attached hydrogen (secondary N) is 1. The zero-order valence-electron chi connectivity index (χ0n) is 13.0. The highest BCUT2D eigenvalue weighted by Gasteiger charge is 2.14. The summed E-state index contributed by atoms with van der Waals surface area (Å²) < 4.78 is 0. The lowest BCUT2D eigenvalue weighted by Crippen LogP contribution is -2.18. The van der Waals surface area contributed by atoms with Crippen molar-refractivity contribution in [3.05, 3.63) is 58.6 Å². The largest absolute Gasteiger partial charge is 0.343 e. The molecule has 2 aromatic carbocycles. The first kappa shape index (κ1) is 15.9. The Morgan fingerprint density at radius 3 is 2.57 bits per heavy atom. The van der Waals surface area contributed by atoms with Crippen LogP contribution in [0, 0.1) is 6.92 Å². The SMILES string of the molecule is CCCNCc1cccc(Cl)c1N(C)c1ccccc1C. The molecule has 1 N–H and O–H groups in total. The first-order valence-corrected chi connectivity index (χ1v) is 7.80. The van der Waals surface area contributed by atoms with Crippen molar-refractivity contribution < 1.29 is 0 Å². The maximum Gasteiger partial charge on any atom is 0.0646 e. The van der Waals surface area contributed by atoms with Crippen LogP contribution >= 0.6 is 11.6 Å². The second kappa shape index (κ2) is 7.48. The third-order valence-corrected chi connectivity index (χ3v) is 3.93. The number of para-hydroxylation sites is 2. The number of benzene rings is 2. The van der Waals surface area contributed by atoms with Crippen LogP contribution in [0.1, 0.15) is 24.5 Å². The number of halogens is 1. The lowest BCUT2D eigenvalue weighted by atomic mass is 10.1. The maximum absolute atomic E-state index is 6.47. The maximum atomic E-state index is 6.47. The highest BCUT2D eigenvalue weighted by Crippen LogP contribution is 2.35. The molecule has 21 heavy (non-hydrogen) atoms. The minimum absolute atomic E-state index is 0.788. The molecule has 0 aliphatic rings. The smallest absolute Gasteiger partial charge is 0.0646 e. The van der Waals surface area contributed by atoms with Gasteiger partial charge in [-0.05, 0) is 43.1 Å². The lowest BCUT2D eigenvalue weighted by Gasteiger charge is -2.25. The standard InChI is InChI=1S/C18H23ClN2/c1-4-12-20-13-15-9-7-10-16(19)18(15)21(3)17-11-6-5-8-14(17)2/h5-11,20H,4,12-13H2,1-3H3. The molecule has 112 valence electrons. The predicted octanol–water partition coefficient (Wildman–Crippen LogP) is 4.92. The zero-order chi connectivity index (χ0) is 15.2. The van der Waals surface area contributed by atoms with Crippen LogP contribution in [0.3, 0.4) is 0 Å². The van der Waals surface area contributed by atoms with Gasteiger partial charge in [-0.1, -0.05) is 48.9 Å². The van der Waals surface area contributed by atoms with Crippen LogP contribution in [0.15, 0.2) is 42.5 Å². The van der Waals surface area contributed by atoms with E-state index in [1.54, 1.807) is 0 Å². The summed E-state index contributed by atoms with van der Waals surface area (Å²) in [5, 5.41) is 4.24. The topological polar surface area (TPSA) is 15.3 Å². The van der Waals surface area contributed by atoms with Crippen LogP contribution in [-0.2, 0) is 6.54 Å². The summed E-state index contributed by atoms with van der Waals surface area (Å²) in [5.41, 5.74) is 4.73. The van der Waals surface area contributed by atoms with Crippen molar-refractivity contribution in [2.24, 2.45) is 0 Å². The molecule has 0 fully saturated rings. The summed E-state index contributed by atoms with van der Waals surface area (Å²) in [6.07, 6.45) is 1.13. The van der Waals surface area contributed by atoms with Gasteiger partial charge < -0.3 is 10.2 Å². The van der Waals surface area contributed by atoms with Gasteiger partial charge in [0, 0.05) is 19.3 Å². The summed E-state index contributed by atoms with van der Waals surface area (Å²) in [6.45, 7) is 6.14. The van der Waals surface area contributed by atoms with E-state index in [4.69, 9.17) is 11.6 Å². The van der Waals surface area contributed by atoms with E-state index in [0.29, 0.717) is 0 Å². The Bertz CT molecular complexity index is 596. The number of hydrogen-bond acceptors (Lipinski definition) is 2. The Kier molecular flexibility index (Phi) is 5.66. The summed E-state index contributed by atoms with van der Waals surface area (Å²) in [5.74, 6) is 0. The molecule has 0 atom stereocenters. The van der Waals surface area contributed by atoms with E-state index in [2.05, 4.69) is 61.4 Å². The van der Waals surface area contributed by atoms with Gasteiger partial charge in [0.2, 0.25) is 0 Å². The van der Waals surface area contributed by atoms with Crippen molar-refractivity contribution in [3.8, 4) is 0 Å². The average molecular weight is 303 g/mol. The van der Waals surface area contributed by atoms with Crippen molar-refractivity contribution in [2.75, 3.05) is 18.5 Å². The molecular weight excluding hydrogens is 280 g/mol. The second-order valence-electron chi connectivity index (χ2n) is 5.27. The molecule has 2 aromatic rings. The molecular formula is C18H23ClN2. The fourth-order valence-electron chi connectivity index (χ4n) is 2.54. The molecule has 0 heterocycles. The fourth-order valence-corrected chi connectivity index (χ4v) is 2.86. The minimum Gasteiger partial charge on any atom is -0.343 e. The Labute approximate surface area is 132 Å². The van der Waals surface area contributed by atoms with E-state index in [1.165, 1.54) is 16.8 Å². The summed E-state index contributed by atoms with van der Waals surface area (Å²) in [6, 6.07) is 14.5. The van der Waals surface area contributed by atoms with Gasteiger partial charge in [0.05, 0.1) is 10.7 Å². The normalized spacial score (nSPS) is 10.7. The number of anilines is 2. The monoisotopic (exact) mass is 302 g/mol. The van der Waals surface area contributed by atoms with E-state index in [1.807, 2.05) is 12.1 Å². The van der Waals surface area contributed by atoms with Crippen molar-refractivity contribution in [3.63, 3.8) is 0 Å². The Morgan fingerprint density at radius 2 is 1.86 bits per heavy atom. The lowest BCUT2D eigenvalue weighted by molar-refractivity contribution is 0.675. The van der Waals surface area contributed by atoms with E-state index < -0.39 is 0 Å². The highest BCUT2D eigenvalue weighted by molar-refractivity contribution is 6.33. The van der Waals surface area contributed by atoms with Crippen molar-refractivity contribution in [1.82, 2.24) is 5.32 Å². The molecule has 0 saturated carbocycles. The summed E-state index contributed by atoms with van der Waals surface area (Å²) >= 11 is 6.47. The van der Waals surface area contributed by atoms with Crippen LogP contribution in [0.4, 0.5) is 11.4 Å². The molecule has 0 aromatic heterocycles. The molecule has 0 radical (unpaired) electrons. The molecule has 0 spiro atoms. The molecule has 0 unspecified atom stereocenters. The van der Waals surface area contributed by atoms with Crippen LogP contribution in [0.25, 0.3) is 0 Å². The van der Waals surface area contributed by atoms with Gasteiger partial charge in [0.25, 0.3) is 0 Å². The molecule has 2 nitrogen and oxygen atoms in total. The van der Waals surface area contributed by atoms with Crippen molar-refractivity contribution in [2.45, 2.75) is 26.8 Å². The quantitative estimate of drug-likeness (QED) is 0.762. The van der Waals surface area contributed by atoms with E-state index in [-0.39, 0.29) is 0 Å². The van der Waals surface area contributed by atoms with Crippen LogP contribution in [0.2, 0.25) is 5.02 Å². The van der Waals surface area contributed by atoms with Gasteiger partial charge in [-0.25, -0.2) is 0 Å². The highest BCUT2D eigenvalue weighted by atomic mass is 35.5. The van der Waals surface area contributed by atoms with E-state index in [9.17, 15) is 0 Å². The van der Waals surface area contributed by atoms with Crippen LogP contribution in [0.5, 0.6) is 0 Å². The van der Waals surface area contributed by atoms with Gasteiger partial charge in [-0.2, -0.15) is 0 Å². The van der Waals surface area contributed by atoms with E-state index >= 15 is 0 Å². The Hall–Kier alpha value is -1.51. The second-order valence-corrected chi connectivity index (χ2v) is 5.68. The Morgan fingerprint density at radius 1 is 1.10 bits per heavy atom. The number of nitrogens with zero attached hydrogens (tertiary/aromatic N) is 1. The number of rotatable bonds is 6. The summed E-state index contributed by atoms with van der Waals surface area (Å²) in [4.78, 5) is 2.18. The minimum atomic E-state index is 0.788. The first-order valence-electron chi connectivity index (χ1n) is 7.42. The van der Waals surface area contributed by atoms with Crippen LogP contribution < -0.4 is 10.2 Å². The number of hydrogen-bond donors (Lipinski definition) is 1. The molecule has 0 amide bonds. The molecule has 0 aliphatic heterocycles. The molecule has 2 rings (SSSR count). The predicted molar refractivity (Wildman–Crippen MR) is 92.7 cm³/mol. The van der Waals surface area contributed by atoms with Gasteiger partial charge >= 0.3 is 0 Å². The third kappa shape index (κ3) is 3.78. The third-order valence-electron chi connectivity index (χ3n) is 3.62. The molecule has 0 bridgehead atoms. The van der Waals surface area contributed by atoms with Crippen molar-refractivity contribution >= 4 is 23.0 Å². The molecule has 3 heteroatoms. The van der Waals surface area contributed by atoms with Gasteiger partial charge in [-0.3, -0.25) is 0 Å². The number of aryl methyl sites for hydroxylation is 1. The zero-order valence-corrected chi connectivity index (χ0v) is 13.7. The Balaban J connectivity index is 2.35. The van der Waals surface area contributed by atoms with Gasteiger partial charge in [0.15, 0.2) is 0 Å². The molecule has 0 saturated heterocycles. The fraction of sp³-hybridized carbons (Fsp3) is 0.333. The molecule has 0 aliphatic carbocycles. The van der Waals surface area contributed by atoms with Crippen LogP contribution in [-0.4, -0.2) is 13.6 Å². The van der Waals surface area contributed by atoms with Crippen molar-refractivity contribution in [1.29, 1.82) is 0 Å². The van der Waals surface area contributed by atoms with E-state index in [0.717, 1.165) is 30.2 Å². The van der Waals surface area contributed by atoms with Gasteiger partial charge in [0.1, 0.15) is 0 Å². The average Bonchev–Trinajstić information content (AvgIpc) is 2.47. The van der Waals surface area contributed by atoms with Gasteiger partial charge in [-0.15, -0.1) is 0 Å².